The van der Waals surface area contributed by atoms with Crippen molar-refractivity contribution >= 4 is 33.3 Å². The van der Waals surface area contributed by atoms with Crippen LogP contribution in [0, 0.1) is 0 Å². The van der Waals surface area contributed by atoms with Crippen molar-refractivity contribution in [3.63, 3.8) is 0 Å². The number of hydrogen-bond donors (Lipinski definition) is 2. The molecule has 1 fully saturated rings. The van der Waals surface area contributed by atoms with Crippen molar-refractivity contribution in [3.8, 4) is 5.75 Å². The van der Waals surface area contributed by atoms with Gasteiger partial charge in [0.05, 0.1) is 23.7 Å². The second-order valence-electron chi connectivity index (χ2n) is 5.11. The van der Waals surface area contributed by atoms with Gasteiger partial charge in [-0.15, -0.1) is 0 Å². The first-order valence-corrected chi connectivity index (χ1v) is 8.29. The lowest BCUT2D eigenvalue weighted by Crippen LogP contribution is -2.40. The second-order valence-corrected chi connectivity index (χ2v) is 6.37. The van der Waals surface area contributed by atoms with Gasteiger partial charge in [-0.3, -0.25) is 0 Å². The zero-order valence-corrected chi connectivity index (χ0v) is 14.7. The van der Waals surface area contributed by atoms with E-state index in [0.717, 1.165) is 41.8 Å². The van der Waals surface area contributed by atoms with Crippen LogP contribution < -0.4 is 15.4 Å². The summed E-state index contributed by atoms with van der Waals surface area (Å²) in [5.41, 5.74) is 1.14. The van der Waals surface area contributed by atoms with Gasteiger partial charge in [0.15, 0.2) is 5.11 Å². The average molecular weight is 373 g/mol. The molecule has 1 heterocycles. The summed E-state index contributed by atoms with van der Waals surface area (Å²) < 4.78 is 11.7. The highest BCUT2D eigenvalue weighted by Crippen LogP contribution is 2.27. The number of halogens is 1. The summed E-state index contributed by atoms with van der Waals surface area (Å²) in [5.74, 6) is 0.824. The lowest BCUT2D eigenvalue weighted by atomic mass is 10.1. The fourth-order valence-electron chi connectivity index (χ4n) is 2.29. The first-order valence-electron chi connectivity index (χ1n) is 7.09. The summed E-state index contributed by atoms with van der Waals surface area (Å²) in [6.45, 7) is 3.71. The molecule has 0 radical (unpaired) electrons. The molecule has 1 aliphatic rings. The number of nitrogens with one attached hydrogen (secondary N) is 2. The van der Waals surface area contributed by atoms with Crippen LogP contribution >= 0.6 is 28.1 Å². The third kappa shape index (κ3) is 4.83. The van der Waals surface area contributed by atoms with Gasteiger partial charge in [-0.2, -0.15) is 0 Å². The predicted octanol–water partition coefficient (Wildman–Crippen LogP) is 3.16. The second kappa shape index (κ2) is 7.96. The van der Waals surface area contributed by atoms with E-state index in [1.165, 1.54) is 0 Å². The van der Waals surface area contributed by atoms with Gasteiger partial charge in [-0.05, 0) is 65.6 Å². The number of thiocarbonyl (C=S) groups is 1. The van der Waals surface area contributed by atoms with Crippen LogP contribution in [-0.2, 0) is 4.74 Å². The molecule has 6 heteroatoms. The van der Waals surface area contributed by atoms with Crippen molar-refractivity contribution in [2.45, 2.75) is 31.9 Å². The largest absolute Gasteiger partial charge is 0.496 e. The molecular formula is C15H21BrN2O2S. The number of benzene rings is 1. The minimum absolute atomic E-state index is 0.122. The highest BCUT2D eigenvalue weighted by molar-refractivity contribution is 9.10. The fraction of sp³-hybridized carbons (Fsp3) is 0.533. The minimum Gasteiger partial charge on any atom is -0.496 e. The summed E-state index contributed by atoms with van der Waals surface area (Å²) in [5, 5.41) is 7.17. The van der Waals surface area contributed by atoms with Crippen LogP contribution in [0.15, 0.2) is 22.7 Å². The average Bonchev–Trinajstić information content (AvgIpc) is 2.98. The molecule has 1 aromatic carbocycles. The molecule has 4 nitrogen and oxygen atoms in total. The standard InChI is InChI=1S/C15H21BrN2O2S/c1-10(11-5-6-14(19-2)13(16)8-11)18-15(21)17-9-12-4-3-7-20-12/h5-6,8,10,12H,3-4,7,9H2,1-2H3,(H2,17,18,21)/t10-,12-/m0/s1. The van der Waals surface area contributed by atoms with Gasteiger partial charge in [0, 0.05) is 13.2 Å². The molecule has 0 aromatic heterocycles. The van der Waals surface area contributed by atoms with E-state index in [-0.39, 0.29) is 12.1 Å². The minimum atomic E-state index is 0.122. The van der Waals surface area contributed by atoms with E-state index in [9.17, 15) is 0 Å². The van der Waals surface area contributed by atoms with Crippen LogP contribution in [0.5, 0.6) is 5.75 Å². The summed E-state index contributed by atoms with van der Waals surface area (Å²) in [4.78, 5) is 0. The number of hydrogen-bond acceptors (Lipinski definition) is 3. The van der Waals surface area contributed by atoms with Crippen LogP contribution in [0.3, 0.4) is 0 Å². The SMILES string of the molecule is COc1ccc([C@H](C)NC(=S)NC[C@@H]2CCCO2)cc1Br. The van der Waals surface area contributed by atoms with E-state index < -0.39 is 0 Å². The van der Waals surface area contributed by atoms with Gasteiger partial charge in [0.2, 0.25) is 0 Å². The zero-order chi connectivity index (χ0) is 15.2. The van der Waals surface area contributed by atoms with Crippen LogP contribution in [0.2, 0.25) is 0 Å². The number of methoxy groups -OCH3 is 1. The smallest absolute Gasteiger partial charge is 0.166 e. The Bertz CT molecular complexity index is 493. The Balaban J connectivity index is 1.83. The van der Waals surface area contributed by atoms with E-state index in [0.29, 0.717) is 5.11 Å². The fourth-order valence-corrected chi connectivity index (χ4v) is 3.11. The topological polar surface area (TPSA) is 42.5 Å². The normalized spacial score (nSPS) is 19.1. The highest BCUT2D eigenvalue weighted by Gasteiger charge is 2.16. The third-order valence-corrected chi connectivity index (χ3v) is 4.42. The molecule has 2 rings (SSSR count). The summed E-state index contributed by atoms with van der Waals surface area (Å²) in [6, 6.07) is 6.14. The molecule has 116 valence electrons. The summed E-state index contributed by atoms with van der Waals surface area (Å²) in [6.07, 6.45) is 2.54. The maximum atomic E-state index is 5.56. The maximum Gasteiger partial charge on any atom is 0.166 e. The van der Waals surface area contributed by atoms with Gasteiger partial charge in [-0.25, -0.2) is 0 Å². The number of ether oxygens (including phenoxy) is 2. The van der Waals surface area contributed by atoms with Crippen molar-refractivity contribution in [1.29, 1.82) is 0 Å². The predicted molar refractivity (Wildman–Crippen MR) is 91.8 cm³/mol. The van der Waals surface area contributed by atoms with Crippen molar-refractivity contribution < 1.29 is 9.47 Å². The Hall–Kier alpha value is -0.850. The Morgan fingerprint density at radius 3 is 3.00 bits per heavy atom. The van der Waals surface area contributed by atoms with Crippen LogP contribution in [0.4, 0.5) is 0 Å². The van der Waals surface area contributed by atoms with Crippen LogP contribution in [0.25, 0.3) is 0 Å². The van der Waals surface area contributed by atoms with Crippen LogP contribution in [0.1, 0.15) is 31.4 Å². The van der Waals surface area contributed by atoms with Crippen LogP contribution in [-0.4, -0.2) is 31.5 Å². The molecule has 21 heavy (non-hydrogen) atoms. The molecule has 0 aliphatic carbocycles. The van der Waals surface area contributed by atoms with Crippen molar-refractivity contribution in [3.05, 3.63) is 28.2 Å². The van der Waals surface area contributed by atoms with Gasteiger partial charge < -0.3 is 20.1 Å². The monoisotopic (exact) mass is 372 g/mol. The van der Waals surface area contributed by atoms with Crippen molar-refractivity contribution in [2.24, 2.45) is 0 Å². The highest BCUT2D eigenvalue weighted by atomic mass is 79.9. The van der Waals surface area contributed by atoms with E-state index in [1.807, 2.05) is 18.2 Å². The first-order chi connectivity index (χ1) is 10.1. The maximum absolute atomic E-state index is 5.56. The van der Waals surface area contributed by atoms with E-state index in [2.05, 4.69) is 33.5 Å². The van der Waals surface area contributed by atoms with Gasteiger partial charge >= 0.3 is 0 Å². The molecule has 1 aromatic rings. The molecule has 2 atom stereocenters. The molecular weight excluding hydrogens is 352 g/mol. The van der Waals surface area contributed by atoms with Gasteiger partial charge in [-0.1, -0.05) is 6.07 Å². The lowest BCUT2D eigenvalue weighted by Gasteiger charge is -2.19. The quantitative estimate of drug-likeness (QED) is 0.777. The molecule has 0 unspecified atom stereocenters. The molecule has 0 spiro atoms. The Labute approximate surface area is 139 Å². The van der Waals surface area contributed by atoms with Crippen molar-refractivity contribution in [2.75, 3.05) is 20.3 Å². The molecule has 0 amide bonds. The number of rotatable bonds is 5. The zero-order valence-electron chi connectivity index (χ0n) is 12.3. The first kappa shape index (κ1) is 16.5. The Morgan fingerprint density at radius 1 is 1.57 bits per heavy atom. The molecule has 0 saturated carbocycles. The van der Waals surface area contributed by atoms with E-state index in [1.54, 1.807) is 7.11 Å². The molecule has 1 saturated heterocycles. The van der Waals surface area contributed by atoms with E-state index in [4.69, 9.17) is 21.7 Å². The summed E-state index contributed by atoms with van der Waals surface area (Å²) in [7, 11) is 1.66. The van der Waals surface area contributed by atoms with Gasteiger partial charge in [0.25, 0.3) is 0 Å². The van der Waals surface area contributed by atoms with E-state index >= 15 is 0 Å². The Kier molecular flexibility index (Phi) is 6.26. The van der Waals surface area contributed by atoms with Gasteiger partial charge in [0.1, 0.15) is 5.75 Å². The summed E-state index contributed by atoms with van der Waals surface area (Å²) >= 11 is 8.83. The Morgan fingerprint density at radius 2 is 2.38 bits per heavy atom. The molecule has 1 aliphatic heterocycles. The molecule has 0 bridgehead atoms. The third-order valence-electron chi connectivity index (χ3n) is 3.54. The van der Waals surface area contributed by atoms with Crippen molar-refractivity contribution in [1.82, 2.24) is 10.6 Å². The lowest BCUT2D eigenvalue weighted by molar-refractivity contribution is 0.114. The molecule has 2 N–H and O–H groups in total.